The molecule has 1 heterocycles. The van der Waals surface area contributed by atoms with Gasteiger partial charge < -0.3 is 4.90 Å². The molecule has 1 nitrogen and oxygen atoms in total. The highest BCUT2D eigenvalue weighted by Gasteiger charge is 2.15. The second-order valence-electron chi connectivity index (χ2n) is 3.91. The fourth-order valence-electron chi connectivity index (χ4n) is 1.86. The van der Waals surface area contributed by atoms with Gasteiger partial charge >= 0.3 is 0 Å². The minimum atomic E-state index is -0.153. The summed E-state index contributed by atoms with van der Waals surface area (Å²) in [5, 5.41) is 0. The highest BCUT2D eigenvalue weighted by Crippen LogP contribution is 2.22. The van der Waals surface area contributed by atoms with Gasteiger partial charge in [0.2, 0.25) is 0 Å². The molecule has 0 spiro atoms. The molecule has 0 amide bonds. The number of rotatable bonds is 1. The van der Waals surface area contributed by atoms with E-state index in [1.165, 1.54) is 6.07 Å². The number of benzene rings is 1. The Morgan fingerprint density at radius 3 is 2.64 bits per heavy atom. The van der Waals surface area contributed by atoms with Crippen molar-refractivity contribution in [3.63, 3.8) is 0 Å². The quantitative estimate of drug-likeness (QED) is 0.661. The van der Waals surface area contributed by atoms with Crippen LogP contribution in [0.2, 0.25) is 0 Å². The van der Waals surface area contributed by atoms with Crippen molar-refractivity contribution >= 4 is 5.69 Å². The molecule has 0 saturated carbocycles. The van der Waals surface area contributed by atoms with Crippen molar-refractivity contribution in [2.45, 2.75) is 12.8 Å². The number of anilines is 1. The first-order valence-electron chi connectivity index (χ1n) is 5.09. The van der Waals surface area contributed by atoms with Gasteiger partial charge in [-0.25, -0.2) is 4.39 Å². The number of hydrogen-bond acceptors (Lipinski definition) is 1. The number of piperidine rings is 1. The van der Waals surface area contributed by atoms with Crippen molar-refractivity contribution in [2.75, 3.05) is 18.0 Å². The molecule has 2 heteroatoms. The van der Waals surface area contributed by atoms with Gasteiger partial charge in [0.1, 0.15) is 5.82 Å². The lowest BCUT2D eigenvalue weighted by Gasteiger charge is -2.32. The van der Waals surface area contributed by atoms with Gasteiger partial charge in [-0.3, -0.25) is 0 Å². The Balaban J connectivity index is 2.08. The summed E-state index contributed by atoms with van der Waals surface area (Å²) in [6.45, 7) is 6.04. The molecule has 0 bridgehead atoms. The average Bonchev–Trinajstić information content (AvgIpc) is 2.19. The number of nitrogens with zero attached hydrogens (tertiary/aromatic N) is 1. The molecule has 1 saturated heterocycles. The van der Waals surface area contributed by atoms with Crippen LogP contribution in [0.1, 0.15) is 12.8 Å². The molecule has 2 rings (SSSR count). The third kappa shape index (κ3) is 2.06. The van der Waals surface area contributed by atoms with Gasteiger partial charge in [0.25, 0.3) is 0 Å². The Hall–Kier alpha value is -1.05. The maximum absolute atomic E-state index is 13.0. The first-order valence-corrected chi connectivity index (χ1v) is 5.09. The van der Waals surface area contributed by atoms with Gasteiger partial charge in [-0.15, -0.1) is 0 Å². The van der Waals surface area contributed by atoms with Gasteiger partial charge in [-0.2, -0.15) is 0 Å². The van der Waals surface area contributed by atoms with E-state index in [1.54, 1.807) is 12.1 Å². The minimum absolute atomic E-state index is 0.153. The summed E-state index contributed by atoms with van der Waals surface area (Å²) in [5.41, 5.74) is 0.997. The molecular formula is C12H15FN. The highest BCUT2D eigenvalue weighted by atomic mass is 19.1. The summed E-state index contributed by atoms with van der Waals surface area (Å²) < 4.78 is 13.0. The fraction of sp³-hybridized carbons (Fsp3) is 0.417. The molecule has 1 aromatic rings. The lowest BCUT2D eigenvalue weighted by molar-refractivity contribution is 0.475. The Labute approximate surface area is 84.5 Å². The molecule has 0 atom stereocenters. The van der Waals surface area contributed by atoms with E-state index in [9.17, 15) is 4.39 Å². The molecule has 1 aromatic carbocycles. The summed E-state index contributed by atoms with van der Waals surface area (Å²) in [7, 11) is 0. The summed E-state index contributed by atoms with van der Waals surface area (Å²) >= 11 is 0. The van der Waals surface area contributed by atoms with Crippen LogP contribution in [0.5, 0.6) is 0 Å². The van der Waals surface area contributed by atoms with Crippen molar-refractivity contribution in [2.24, 2.45) is 5.92 Å². The van der Waals surface area contributed by atoms with Crippen molar-refractivity contribution in [3.05, 3.63) is 37.0 Å². The van der Waals surface area contributed by atoms with Crippen molar-refractivity contribution in [3.8, 4) is 0 Å². The Morgan fingerprint density at radius 2 is 2.00 bits per heavy atom. The molecule has 1 aliphatic heterocycles. The minimum Gasteiger partial charge on any atom is -0.371 e. The van der Waals surface area contributed by atoms with Crippen LogP contribution >= 0.6 is 0 Å². The first kappa shape index (κ1) is 9.50. The van der Waals surface area contributed by atoms with Crippen LogP contribution in [-0.2, 0) is 0 Å². The maximum Gasteiger partial charge on any atom is 0.125 e. The smallest absolute Gasteiger partial charge is 0.125 e. The van der Waals surface area contributed by atoms with Crippen molar-refractivity contribution < 1.29 is 4.39 Å². The van der Waals surface area contributed by atoms with Gasteiger partial charge in [0, 0.05) is 18.8 Å². The normalized spacial score (nSPS) is 18.6. The van der Waals surface area contributed by atoms with Crippen LogP contribution in [0.3, 0.4) is 0 Å². The van der Waals surface area contributed by atoms with E-state index in [2.05, 4.69) is 11.8 Å². The van der Waals surface area contributed by atoms with E-state index in [1.807, 2.05) is 6.07 Å². The number of hydrogen-bond donors (Lipinski definition) is 0. The van der Waals surface area contributed by atoms with Crippen LogP contribution < -0.4 is 4.90 Å². The van der Waals surface area contributed by atoms with E-state index in [0.717, 1.165) is 31.6 Å². The SMILES string of the molecule is [CH2]C1CCN(c2cccc(F)c2)CC1. The van der Waals surface area contributed by atoms with Crippen LogP contribution in [0.4, 0.5) is 10.1 Å². The molecule has 0 N–H and O–H groups in total. The fourth-order valence-corrected chi connectivity index (χ4v) is 1.86. The van der Waals surface area contributed by atoms with E-state index < -0.39 is 0 Å². The van der Waals surface area contributed by atoms with Crippen LogP contribution in [-0.4, -0.2) is 13.1 Å². The van der Waals surface area contributed by atoms with E-state index in [-0.39, 0.29) is 5.82 Å². The topological polar surface area (TPSA) is 3.24 Å². The molecule has 0 aromatic heterocycles. The Bertz CT molecular complexity index is 303. The zero-order valence-corrected chi connectivity index (χ0v) is 8.25. The van der Waals surface area contributed by atoms with Gasteiger partial charge in [0.15, 0.2) is 0 Å². The monoisotopic (exact) mass is 192 g/mol. The summed E-state index contributed by atoms with van der Waals surface area (Å²) in [6.07, 6.45) is 2.22. The van der Waals surface area contributed by atoms with Crippen molar-refractivity contribution in [1.82, 2.24) is 0 Å². The predicted octanol–water partition coefficient (Wildman–Crippen LogP) is 2.88. The predicted molar refractivity (Wildman–Crippen MR) is 56.7 cm³/mol. The van der Waals surface area contributed by atoms with Gasteiger partial charge in [0.05, 0.1) is 0 Å². The van der Waals surface area contributed by atoms with Crippen LogP contribution in [0, 0.1) is 18.7 Å². The molecule has 0 aliphatic carbocycles. The Kier molecular flexibility index (Phi) is 2.71. The lowest BCUT2D eigenvalue weighted by Crippen LogP contribution is -2.32. The molecule has 75 valence electrons. The zero-order valence-electron chi connectivity index (χ0n) is 8.25. The van der Waals surface area contributed by atoms with E-state index >= 15 is 0 Å². The zero-order chi connectivity index (χ0) is 9.97. The lowest BCUT2D eigenvalue weighted by atomic mass is 9.99. The Morgan fingerprint density at radius 1 is 1.29 bits per heavy atom. The average molecular weight is 192 g/mol. The molecule has 0 unspecified atom stereocenters. The molecule has 1 radical (unpaired) electrons. The molecule has 14 heavy (non-hydrogen) atoms. The van der Waals surface area contributed by atoms with Crippen molar-refractivity contribution in [1.29, 1.82) is 0 Å². The molecular weight excluding hydrogens is 177 g/mol. The maximum atomic E-state index is 13.0. The third-order valence-electron chi connectivity index (χ3n) is 2.79. The number of halogens is 1. The van der Waals surface area contributed by atoms with Gasteiger partial charge in [-0.1, -0.05) is 13.0 Å². The van der Waals surface area contributed by atoms with Crippen LogP contribution in [0.25, 0.3) is 0 Å². The first-order chi connectivity index (χ1) is 6.75. The second-order valence-corrected chi connectivity index (χ2v) is 3.91. The summed E-state index contributed by atoms with van der Waals surface area (Å²) in [5.74, 6) is 0.416. The van der Waals surface area contributed by atoms with E-state index in [4.69, 9.17) is 0 Å². The van der Waals surface area contributed by atoms with Gasteiger partial charge in [-0.05, 0) is 37.0 Å². The van der Waals surface area contributed by atoms with Crippen LogP contribution in [0.15, 0.2) is 24.3 Å². The van der Waals surface area contributed by atoms with E-state index in [0.29, 0.717) is 5.92 Å². The summed E-state index contributed by atoms with van der Waals surface area (Å²) in [6, 6.07) is 6.81. The largest absolute Gasteiger partial charge is 0.371 e. The third-order valence-corrected chi connectivity index (χ3v) is 2.79. The standard InChI is InChI=1S/C12H15FN/c1-10-5-7-14(8-6-10)12-4-2-3-11(13)9-12/h2-4,9-10H,1,5-8H2. The highest BCUT2D eigenvalue weighted by molar-refractivity contribution is 5.46. The summed E-state index contributed by atoms with van der Waals surface area (Å²) in [4.78, 5) is 2.23. The molecule has 1 aliphatic rings. The molecule has 1 fully saturated rings. The second kappa shape index (κ2) is 3.99.